The summed E-state index contributed by atoms with van der Waals surface area (Å²) in [5, 5.41) is 9.43. The number of fused-ring (bicyclic) bond motifs is 1. The highest BCUT2D eigenvalue weighted by Gasteiger charge is 2.31. The molecule has 120 valence electrons. The fraction of sp³-hybridized carbons (Fsp3) is 0.267. The molecular formula is C15H15ClN4O3. The zero-order valence-electron chi connectivity index (χ0n) is 12.4. The lowest BCUT2D eigenvalue weighted by molar-refractivity contribution is 0.0993. The Morgan fingerprint density at radius 3 is 2.74 bits per heavy atom. The van der Waals surface area contributed by atoms with Crippen molar-refractivity contribution in [1.29, 1.82) is 0 Å². The molecular weight excluding hydrogens is 320 g/mol. The van der Waals surface area contributed by atoms with Gasteiger partial charge in [0.05, 0.1) is 28.5 Å². The van der Waals surface area contributed by atoms with Gasteiger partial charge in [0.2, 0.25) is 0 Å². The molecule has 0 spiro atoms. The monoisotopic (exact) mass is 334 g/mol. The van der Waals surface area contributed by atoms with Gasteiger partial charge in [-0.3, -0.25) is 9.78 Å². The third kappa shape index (κ3) is 2.43. The molecule has 2 aromatic heterocycles. The maximum atomic E-state index is 11.8. The summed E-state index contributed by atoms with van der Waals surface area (Å²) in [5.41, 5.74) is 8.59. The van der Waals surface area contributed by atoms with Gasteiger partial charge in [0, 0.05) is 31.0 Å². The summed E-state index contributed by atoms with van der Waals surface area (Å²) in [4.78, 5) is 28.4. The molecule has 0 saturated carbocycles. The van der Waals surface area contributed by atoms with Gasteiger partial charge in [-0.05, 0) is 18.6 Å². The average molecular weight is 335 g/mol. The second-order valence-electron chi connectivity index (χ2n) is 5.39. The largest absolute Gasteiger partial charge is 0.465 e. The third-order valence-corrected chi connectivity index (χ3v) is 4.42. The molecule has 3 rings (SSSR count). The van der Waals surface area contributed by atoms with Gasteiger partial charge < -0.3 is 20.3 Å². The number of carbonyl (C=O) groups is 2. The first-order valence-electron chi connectivity index (χ1n) is 7.01. The Labute approximate surface area is 137 Å². The number of hydrogen-bond donors (Lipinski definition) is 2. The molecule has 2 amide bonds. The fourth-order valence-corrected chi connectivity index (χ4v) is 3.32. The van der Waals surface area contributed by atoms with Crippen molar-refractivity contribution in [2.75, 3.05) is 6.54 Å². The van der Waals surface area contributed by atoms with E-state index in [9.17, 15) is 14.7 Å². The number of carboxylic acid groups (broad SMARTS) is 1. The Hall–Kier alpha value is -2.54. The molecule has 1 aliphatic rings. The summed E-state index contributed by atoms with van der Waals surface area (Å²) >= 11 is 6.43. The van der Waals surface area contributed by atoms with Crippen molar-refractivity contribution in [1.82, 2.24) is 14.5 Å². The van der Waals surface area contributed by atoms with Crippen molar-refractivity contribution in [3.63, 3.8) is 0 Å². The molecule has 8 heteroatoms. The quantitative estimate of drug-likeness (QED) is 0.878. The molecule has 0 fully saturated rings. The van der Waals surface area contributed by atoms with Crippen LogP contribution in [0.2, 0.25) is 5.02 Å². The molecule has 23 heavy (non-hydrogen) atoms. The average Bonchev–Trinajstić information content (AvgIpc) is 2.79. The van der Waals surface area contributed by atoms with Gasteiger partial charge in [0.1, 0.15) is 0 Å². The van der Waals surface area contributed by atoms with E-state index in [1.165, 1.54) is 4.90 Å². The minimum atomic E-state index is -1.04. The van der Waals surface area contributed by atoms with Crippen molar-refractivity contribution in [2.45, 2.75) is 20.0 Å². The van der Waals surface area contributed by atoms with Gasteiger partial charge in [-0.15, -0.1) is 0 Å². The lowest BCUT2D eigenvalue weighted by atomic mass is 10.1. The smallest absolute Gasteiger partial charge is 0.407 e. The number of primary amides is 1. The van der Waals surface area contributed by atoms with Crippen LogP contribution in [0.25, 0.3) is 11.3 Å². The number of nitrogens with zero attached hydrogens (tertiary/aromatic N) is 3. The zero-order valence-corrected chi connectivity index (χ0v) is 13.2. The van der Waals surface area contributed by atoms with E-state index in [0.29, 0.717) is 24.5 Å². The fourth-order valence-electron chi connectivity index (χ4n) is 2.91. The summed E-state index contributed by atoms with van der Waals surface area (Å²) < 4.78 is 1.87. The summed E-state index contributed by atoms with van der Waals surface area (Å²) in [5.74, 6) is -0.668. The number of carbonyl (C=O) groups excluding carboxylic acids is 1. The number of aryl methyl sites for hydroxylation is 1. The van der Waals surface area contributed by atoms with Crippen LogP contribution in [-0.2, 0) is 13.1 Å². The molecule has 0 saturated heterocycles. The van der Waals surface area contributed by atoms with E-state index in [-0.39, 0.29) is 17.1 Å². The predicted molar refractivity (Wildman–Crippen MR) is 84.4 cm³/mol. The molecule has 0 radical (unpaired) electrons. The number of hydrogen-bond acceptors (Lipinski definition) is 3. The number of amides is 2. The molecule has 1 aliphatic heterocycles. The van der Waals surface area contributed by atoms with Crippen LogP contribution < -0.4 is 5.73 Å². The van der Waals surface area contributed by atoms with Crippen LogP contribution in [0.15, 0.2) is 18.5 Å². The Morgan fingerprint density at radius 1 is 1.39 bits per heavy atom. The highest BCUT2D eigenvalue weighted by molar-refractivity contribution is 6.36. The van der Waals surface area contributed by atoms with E-state index in [2.05, 4.69) is 4.98 Å². The van der Waals surface area contributed by atoms with Gasteiger partial charge in [0.25, 0.3) is 5.91 Å². The minimum absolute atomic E-state index is 0.0760. The molecule has 0 aromatic carbocycles. The van der Waals surface area contributed by atoms with E-state index in [1.54, 1.807) is 12.4 Å². The van der Waals surface area contributed by atoms with Crippen molar-refractivity contribution in [3.8, 4) is 11.3 Å². The first kappa shape index (κ1) is 15.4. The molecule has 7 nitrogen and oxygen atoms in total. The van der Waals surface area contributed by atoms with Crippen LogP contribution >= 0.6 is 11.6 Å². The Morgan fingerprint density at radius 2 is 2.13 bits per heavy atom. The van der Waals surface area contributed by atoms with Gasteiger partial charge in [-0.1, -0.05) is 11.6 Å². The maximum Gasteiger partial charge on any atom is 0.407 e. The number of aromatic nitrogens is 2. The molecule has 3 N–H and O–H groups in total. The normalized spacial score (nSPS) is 13.7. The van der Waals surface area contributed by atoms with Gasteiger partial charge >= 0.3 is 6.09 Å². The Balaban J connectivity index is 2.24. The number of halogens is 1. The van der Waals surface area contributed by atoms with E-state index in [1.807, 2.05) is 17.6 Å². The highest BCUT2D eigenvalue weighted by Crippen LogP contribution is 2.38. The molecule has 0 aliphatic carbocycles. The van der Waals surface area contributed by atoms with Crippen LogP contribution in [0.3, 0.4) is 0 Å². The van der Waals surface area contributed by atoms with Crippen molar-refractivity contribution >= 4 is 23.6 Å². The summed E-state index contributed by atoms with van der Waals surface area (Å²) in [6.07, 6.45) is 2.31. The minimum Gasteiger partial charge on any atom is -0.465 e. The first-order valence-corrected chi connectivity index (χ1v) is 7.39. The third-order valence-electron chi connectivity index (χ3n) is 4.06. The number of rotatable bonds is 2. The van der Waals surface area contributed by atoms with Crippen LogP contribution in [0, 0.1) is 6.92 Å². The highest BCUT2D eigenvalue weighted by atomic mass is 35.5. The van der Waals surface area contributed by atoms with Crippen LogP contribution in [-0.4, -0.2) is 38.1 Å². The molecule has 2 aromatic rings. The maximum absolute atomic E-state index is 11.8. The van der Waals surface area contributed by atoms with E-state index >= 15 is 0 Å². The Bertz CT molecular complexity index is 815. The van der Waals surface area contributed by atoms with E-state index in [0.717, 1.165) is 11.1 Å². The summed E-state index contributed by atoms with van der Waals surface area (Å²) in [6.45, 7) is 2.71. The van der Waals surface area contributed by atoms with Crippen LogP contribution in [0.1, 0.15) is 21.6 Å². The standard InChI is InChI=1S/C15H15ClN4O3/c1-8-2-3-18-6-9(8)13-12(16)11(14(17)21)10-7-19(15(22)23)4-5-20(10)13/h2-3,6H,4-5,7H2,1H3,(H2,17,21)(H,22,23). The van der Waals surface area contributed by atoms with Gasteiger partial charge in [-0.25, -0.2) is 4.79 Å². The second-order valence-corrected chi connectivity index (χ2v) is 5.77. The zero-order chi connectivity index (χ0) is 16.7. The van der Waals surface area contributed by atoms with Crippen LogP contribution in [0.4, 0.5) is 4.79 Å². The summed E-state index contributed by atoms with van der Waals surface area (Å²) in [6, 6.07) is 1.85. The van der Waals surface area contributed by atoms with Crippen LogP contribution in [0.5, 0.6) is 0 Å². The predicted octanol–water partition coefficient (Wildman–Crippen LogP) is 2.10. The van der Waals surface area contributed by atoms with Crippen molar-refractivity contribution in [2.24, 2.45) is 5.73 Å². The molecule has 3 heterocycles. The molecule has 0 bridgehead atoms. The first-order chi connectivity index (χ1) is 10.9. The van der Waals surface area contributed by atoms with Gasteiger partial charge in [0.15, 0.2) is 0 Å². The lowest BCUT2D eigenvalue weighted by Crippen LogP contribution is -2.38. The SMILES string of the molecule is Cc1ccncc1-c1c(Cl)c(C(N)=O)c2n1CCN(C(=O)O)C2. The number of nitrogens with two attached hydrogens (primary N) is 1. The topological polar surface area (TPSA) is 101 Å². The molecule has 0 atom stereocenters. The summed E-state index contributed by atoms with van der Waals surface area (Å²) in [7, 11) is 0. The number of pyridine rings is 1. The van der Waals surface area contributed by atoms with E-state index in [4.69, 9.17) is 17.3 Å². The molecule has 0 unspecified atom stereocenters. The van der Waals surface area contributed by atoms with E-state index < -0.39 is 12.0 Å². The van der Waals surface area contributed by atoms with Gasteiger partial charge in [-0.2, -0.15) is 0 Å². The lowest BCUT2D eigenvalue weighted by Gasteiger charge is -2.28. The second kappa shape index (κ2) is 5.58. The van der Waals surface area contributed by atoms with Crippen molar-refractivity contribution in [3.05, 3.63) is 40.3 Å². The van der Waals surface area contributed by atoms with Crippen molar-refractivity contribution < 1.29 is 14.7 Å². The Kier molecular flexibility index (Phi) is 3.73.